The first kappa shape index (κ1) is 22.7. The molecular formula is C23H25N5O4S. The van der Waals surface area contributed by atoms with Crippen LogP contribution in [0.5, 0.6) is 5.88 Å². The lowest BCUT2D eigenvalue weighted by Crippen LogP contribution is -2.49. The minimum Gasteiger partial charge on any atom is -0.480 e. The summed E-state index contributed by atoms with van der Waals surface area (Å²) in [6.45, 7) is 4.60. The fourth-order valence-electron chi connectivity index (χ4n) is 4.15. The Kier molecular flexibility index (Phi) is 6.03. The van der Waals surface area contributed by atoms with Crippen molar-refractivity contribution in [3.8, 4) is 5.88 Å². The smallest absolute Gasteiger partial charge is 0.313 e. The van der Waals surface area contributed by atoms with Crippen LogP contribution in [0.15, 0.2) is 36.0 Å². The summed E-state index contributed by atoms with van der Waals surface area (Å²) in [6.07, 6.45) is 2.96. The summed E-state index contributed by atoms with van der Waals surface area (Å²) in [6, 6.07) is 7.08. The molecule has 0 spiro atoms. The average molecular weight is 468 g/mol. The number of thiazole rings is 1. The van der Waals surface area contributed by atoms with Crippen LogP contribution < -0.4 is 15.8 Å². The molecule has 3 amide bonds. The molecule has 0 saturated carbocycles. The third-order valence-electron chi connectivity index (χ3n) is 5.83. The summed E-state index contributed by atoms with van der Waals surface area (Å²) in [4.78, 5) is 47.9. The van der Waals surface area contributed by atoms with Gasteiger partial charge >= 0.3 is 11.8 Å². The third-order valence-corrected chi connectivity index (χ3v) is 6.64. The van der Waals surface area contributed by atoms with Crippen molar-refractivity contribution < 1.29 is 19.1 Å². The van der Waals surface area contributed by atoms with E-state index in [9.17, 15) is 14.4 Å². The highest BCUT2D eigenvalue weighted by Gasteiger charge is 2.39. The Morgan fingerprint density at radius 3 is 2.76 bits per heavy atom. The number of amides is 3. The Bertz CT molecular complexity index is 1240. The van der Waals surface area contributed by atoms with Gasteiger partial charge in [-0.1, -0.05) is 19.9 Å². The van der Waals surface area contributed by atoms with Gasteiger partial charge in [-0.3, -0.25) is 14.4 Å². The summed E-state index contributed by atoms with van der Waals surface area (Å²) in [5, 5.41) is 2.54. The maximum atomic E-state index is 13.3. The van der Waals surface area contributed by atoms with E-state index in [2.05, 4.69) is 29.1 Å². The monoisotopic (exact) mass is 467 g/mol. The Morgan fingerprint density at radius 2 is 2.03 bits per heavy atom. The van der Waals surface area contributed by atoms with Gasteiger partial charge in [0.1, 0.15) is 5.56 Å². The molecule has 1 saturated heterocycles. The number of pyridine rings is 1. The van der Waals surface area contributed by atoms with Crippen molar-refractivity contribution in [1.29, 1.82) is 0 Å². The number of benzene rings is 1. The predicted octanol–water partition coefficient (Wildman–Crippen LogP) is 3.13. The van der Waals surface area contributed by atoms with Crippen molar-refractivity contribution in [2.24, 2.45) is 11.1 Å². The van der Waals surface area contributed by atoms with Gasteiger partial charge in [0.15, 0.2) is 0 Å². The van der Waals surface area contributed by atoms with E-state index in [4.69, 9.17) is 10.5 Å². The number of hydrogen-bond donors (Lipinski definition) is 2. The van der Waals surface area contributed by atoms with E-state index in [0.29, 0.717) is 6.54 Å². The molecule has 10 heteroatoms. The quantitative estimate of drug-likeness (QED) is 0.568. The fraction of sp³-hybridized carbons (Fsp3) is 0.348. The molecule has 1 aromatic carbocycles. The minimum atomic E-state index is -0.810. The fourth-order valence-corrected chi connectivity index (χ4v) is 4.81. The summed E-state index contributed by atoms with van der Waals surface area (Å²) in [5.74, 6) is -2.17. The van der Waals surface area contributed by atoms with Crippen LogP contribution in [0.2, 0.25) is 0 Å². The van der Waals surface area contributed by atoms with Crippen molar-refractivity contribution in [2.45, 2.75) is 32.7 Å². The van der Waals surface area contributed by atoms with Crippen molar-refractivity contribution in [1.82, 2.24) is 14.9 Å². The first-order valence-electron chi connectivity index (χ1n) is 10.5. The number of anilines is 1. The summed E-state index contributed by atoms with van der Waals surface area (Å²) in [5.41, 5.74) is 9.04. The number of methoxy groups -OCH3 is 1. The van der Waals surface area contributed by atoms with Crippen molar-refractivity contribution in [3.63, 3.8) is 0 Å². The number of likely N-dealkylation sites (tertiary alicyclic amines) is 1. The van der Waals surface area contributed by atoms with E-state index in [1.165, 1.54) is 19.4 Å². The Hall–Kier alpha value is -3.53. The highest BCUT2D eigenvalue weighted by atomic mass is 32.1. The van der Waals surface area contributed by atoms with Crippen LogP contribution in [-0.2, 0) is 9.59 Å². The SMILES string of the molecule is COc1ncc(NC(=O)C(=O)N2CC(C)(C)CC[C@H]2c2ccc3scnc3c2)cc1C(N)=O. The lowest BCUT2D eigenvalue weighted by atomic mass is 9.79. The van der Waals surface area contributed by atoms with Gasteiger partial charge in [0.2, 0.25) is 5.88 Å². The average Bonchev–Trinajstić information content (AvgIpc) is 3.25. The predicted molar refractivity (Wildman–Crippen MR) is 125 cm³/mol. The summed E-state index contributed by atoms with van der Waals surface area (Å²) >= 11 is 1.56. The van der Waals surface area contributed by atoms with Gasteiger partial charge in [-0.05, 0) is 42.0 Å². The second kappa shape index (κ2) is 8.78. The maximum absolute atomic E-state index is 13.3. The van der Waals surface area contributed by atoms with E-state index in [0.717, 1.165) is 28.6 Å². The van der Waals surface area contributed by atoms with Crippen LogP contribution in [0.3, 0.4) is 0 Å². The van der Waals surface area contributed by atoms with Gasteiger partial charge in [-0.25, -0.2) is 9.97 Å². The number of hydrogen-bond acceptors (Lipinski definition) is 7. The van der Waals surface area contributed by atoms with Crippen LogP contribution in [0.4, 0.5) is 5.69 Å². The molecule has 9 nitrogen and oxygen atoms in total. The van der Waals surface area contributed by atoms with Crippen LogP contribution in [0.25, 0.3) is 10.2 Å². The van der Waals surface area contributed by atoms with Crippen LogP contribution in [0, 0.1) is 5.41 Å². The number of aromatic nitrogens is 2. The van der Waals surface area contributed by atoms with E-state index in [1.807, 2.05) is 18.2 Å². The number of fused-ring (bicyclic) bond motifs is 1. The normalized spacial score (nSPS) is 17.5. The summed E-state index contributed by atoms with van der Waals surface area (Å²) < 4.78 is 6.09. The first-order chi connectivity index (χ1) is 15.7. The Labute approximate surface area is 195 Å². The van der Waals surface area contributed by atoms with Crippen molar-refractivity contribution in [3.05, 3.63) is 47.1 Å². The highest BCUT2D eigenvalue weighted by molar-refractivity contribution is 7.16. The van der Waals surface area contributed by atoms with Gasteiger partial charge < -0.3 is 20.7 Å². The van der Waals surface area contributed by atoms with Crippen LogP contribution in [0.1, 0.15) is 48.7 Å². The molecule has 3 aromatic rings. The van der Waals surface area contributed by atoms with Crippen LogP contribution >= 0.6 is 11.3 Å². The Balaban J connectivity index is 1.59. The van der Waals surface area contributed by atoms with E-state index < -0.39 is 17.7 Å². The maximum Gasteiger partial charge on any atom is 0.313 e. The lowest BCUT2D eigenvalue weighted by molar-refractivity contribution is -0.147. The molecular weight excluding hydrogens is 442 g/mol. The zero-order valence-electron chi connectivity index (χ0n) is 18.6. The number of piperidine rings is 1. The first-order valence-corrected chi connectivity index (χ1v) is 11.4. The number of rotatable bonds is 4. The molecule has 33 heavy (non-hydrogen) atoms. The van der Waals surface area contributed by atoms with Crippen LogP contribution in [-0.4, -0.2) is 46.2 Å². The molecule has 1 aliphatic rings. The van der Waals surface area contributed by atoms with E-state index in [1.54, 1.807) is 21.7 Å². The second-order valence-electron chi connectivity index (χ2n) is 8.83. The number of carbonyl (C=O) groups is 3. The van der Waals surface area contributed by atoms with Gasteiger partial charge in [0.05, 0.1) is 40.8 Å². The molecule has 1 aliphatic heterocycles. The molecule has 1 fully saturated rings. The van der Waals surface area contributed by atoms with Crippen molar-refractivity contribution in [2.75, 3.05) is 19.0 Å². The van der Waals surface area contributed by atoms with Gasteiger partial charge in [-0.2, -0.15) is 0 Å². The highest BCUT2D eigenvalue weighted by Crippen LogP contribution is 2.40. The van der Waals surface area contributed by atoms with Crippen molar-refractivity contribution >= 4 is 45.0 Å². The number of nitrogens with two attached hydrogens (primary N) is 1. The molecule has 0 unspecified atom stereocenters. The zero-order chi connectivity index (χ0) is 23.8. The molecule has 2 aromatic heterocycles. The molecule has 172 valence electrons. The minimum absolute atomic E-state index is 0.0105. The topological polar surface area (TPSA) is 128 Å². The lowest BCUT2D eigenvalue weighted by Gasteiger charge is -2.43. The molecule has 0 radical (unpaired) electrons. The molecule has 4 rings (SSSR count). The molecule has 1 atom stereocenters. The van der Waals surface area contributed by atoms with E-state index in [-0.39, 0.29) is 28.6 Å². The second-order valence-corrected chi connectivity index (χ2v) is 9.72. The summed E-state index contributed by atoms with van der Waals surface area (Å²) in [7, 11) is 1.36. The van der Waals surface area contributed by atoms with Gasteiger partial charge in [0.25, 0.3) is 5.91 Å². The van der Waals surface area contributed by atoms with Gasteiger partial charge in [0, 0.05) is 6.54 Å². The number of nitrogens with zero attached hydrogens (tertiary/aromatic N) is 3. The largest absolute Gasteiger partial charge is 0.480 e. The molecule has 0 bridgehead atoms. The number of primary amides is 1. The van der Waals surface area contributed by atoms with E-state index >= 15 is 0 Å². The molecule has 0 aliphatic carbocycles. The van der Waals surface area contributed by atoms with Gasteiger partial charge in [-0.15, -0.1) is 11.3 Å². The zero-order valence-corrected chi connectivity index (χ0v) is 19.4. The number of carbonyl (C=O) groups excluding carboxylic acids is 3. The molecule has 3 heterocycles. The number of nitrogens with one attached hydrogen (secondary N) is 1. The molecule has 3 N–H and O–H groups in total. The third kappa shape index (κ3) is 4.65. The standard InChI is InChI=1S/C23H25N5O4S/c1-23(2)7-6-17(13-4-5-18-16(8-13)26-12-33-18)28(11-23)22(31)20(30)27-14-9-15(19(24)29)21(32-3)25-10-14/h4-5,8-10,12,17H,6-7,11H2,1-3H3,(H2,24,29)(H,27,30)/t17-/m0/s1. The number of ether oxygens (including phenoxy) is 1. The Morgan fingerprint density at radius 1 is 1.24 bits per heavy atom.